The molecule has 5 nitrogen and oxygen atoms in total. The number of amides is 1. The lowest BCUT2D eigenvalue weighted by molar-refractivity contribution is -0.145. The van der Waals surface area contributed by atoms with Gasteiger partial charge in [-0.15, -0.1) is 0 Å². The Balaban J connectivity index is 2.78. The van der Waals surface area contributed by atoms with Crippen molar-refractivity contribution >= 4 is 11.9 Å². The van der Waals surface area contributed by atoms with Gasteiger partial charge in [-0.1, -0.05) is 30.3 Å². The maximum Gasteiger partial charge on any atom is 0.323 e. The molecule has 0 bridgehead atoms. The van der Waals surface area contributed by atoms with Crippen molar-refractivity contribution in [2.45, 2.75) is 12.8 Å². The van der Waals surface area contributed by atoms with Gasteiger partial charge in [-0.2, -0.15) is 0 Å². The van der Waals surface area contributed by atoms with Gasteiger partial charge in [0.1, 0.15) is 6.54 Å². The number of carbonyl (C=O) groups is 2. The molecule has 0 aliphatic heterocycles. The maximum atomic E-state index is 12.4. The second kappa shape index (κ2) is 7.65. The Kier molecular flexibility index (Phi) is 6.18. The van der Waals surface area contributed by atoms with Crippen LogP contribution in [0.3, 0.4) is 0 Å². The molecule has 1 amide bonds. The average Bonchev–Trinajstić information content (AvgIpc) is 2.42. The number of aliphatic carboxylic acids is 1. The lowest BCUT2D eigenvalue weighted by Gasteiger charge is -2.25. The minimum absolute atomic E-state index is 0.152. The normalized spacial score (nSPS) is 12.2. The zero-order valence-corrected chi connectivity index (χ0v) is 12.2. The first-order chi connectivity index (χ1) is 9.41. The Labute approximate surface area is 119 Å². The first-order valence-electron chi connectivity index (χ1n) is 6.62. The molecule has 0 aromatic heterocycles. The van der Waals surface area contributed by atoms with Crippen molar-refractivity contribution in [3.05, 3.63) is 35.9 Å². The Morgan fingerprint density at radius 1 is 1.15 bits per heavy atom. The molecule has 0 radical (unpaired) electrons. The minimum atomic E-state index is -0.989. The third-order valence-electron chi connectivity index (χ3n) is 3.12. The molecule has 1 unspecified atom stereocenters. The molecule has 110 valence electrons. The van der Waals surface area contributed by atoms with Crippen molar-refractivity contribution in [3.8, 4) is 0 Å². The maximum absolute atomic E-state index is 12.4. The van der Waals surface area contributed by atoms with Gasteiger partial charge in [0.15, 0.2) is 0 Å². The summed E-state index contributed by atoms with van der Waals surface area (Å²) in [5.41, 5.74) is 0.901. The van der Waals surface area contributed by atoms with Crippen LogP contribution < -0.4 is 0 Å². The summed E-state index contributed by atoms with van der Waals surface area (Å²) in [5, 5.41) is 8.94. The number of hydrogen-bond donors (Lipinski definition) is 1. The molecule has 0 spiro atoms. The topological polar surface area (TPSA) is 60.9 Å². The van der Waals surface area contributed by atoms with Crippen molar-refractivity contribution < 1.29 is 14.7 Å². The summed E-state index contributed by atoms with van der Waals surface area (Å²) in [7, 11) is 3.79. The highest BCUT2D eigenvalue weighted by molar-refractivity contribution is 5.86. The number of rotatable bonds is 7. The third-order valence-corrected chi connectivity index (χ3v) is 3.12. The van der Waals surface area contributed by atoms with E-state index in [4.69, 9.17) is 5.11 Å². The molecule has 0 saturated heterocycles. The van der Waals surface area contributed by atoms with E-state index < -0.39 is 5.97 Å². The molecule has 0 heterocycles. The molecular weight excluding hydrogens is 256 g/mol. The number of likely N-dealkylation sites (N-methyl/N-ethyl adjacent to an activating group) is 1. The summed E-state index contributed by atoms with van der Waals surface area (Å²) in [6.07, 6.45) is 0. The quantitative estimate of drug-likeness (QED) is 0.816. The van der Waals surface area contributed by atoms with E-state index in [1.807, 2.05) is 56.3 Å². The molecule has 1 N–H and O–H groups in total. The van der Waals surface area contributed by atoms with Crippen LogP contribution in [-0.2, 0) is 9.59 Å². The van der Waals surface area contributed by atoms with E-state index in [1.165, 1.54) is 4.90 Å². The Morgan fingerprint density at radius 2 is 1.75 bits per heavy atom. The van der Waals surface area contributed by atoms with Crippen molar-refractivity contribution in [3.63, 3.8) is 0 Å². The second-order valence-corrected chi connectivity index (χ2v) is 5.09. The molecule has 1 rings (SSSR count). The zero-order chi connectivity index (χ0) is 15.1. The molecule has 1 aromatic rings. The predicted octanol–water partition coefficient (Wildman–Crippen LogP) is 1.26. The molecular formula is C15H22N2O3. The summed E-state index contributed by atoms with van der Waals surface area (Å²) in [6.45, 7) is 2.60. The van der Waals surface area contributed by atoms with Gasteiger partial charge in [-0.3, -0.25) is 9.59 Å². The fraction of sp³-hybridized carbons (Fsp3) is 0.467. The number of carbonyl (C=O) groups excluding carboxylic acids is 1. The van der Waals surface area contributed by atoms with Gasteiger partial charge in [-0.05, 0) is 26.6 Å². The Morgan fingerprint density at radius 3 is 2.25 bits per heavy atom. The standard InChI is InChI=1S/C15H22N2O3/c1-12(13-7-5-4-6-8-13)15(20)17(11-14(18)19)10-9-16(2)3/h4-8,12H,9-11H2,1-3H3,(H,18,19). The van der Waals surface area contributed by atoms with Gasteiger partial charge in [0.25, 0.3) is 0 Å². The number of carboxylic acids is 1. The van der Waals surface area contributed by atoms with E-state index in [2.05, 4.69) is 0 Å². The zero-order valence-electron chi connectivity index (χ0n) is 12.2. The van der Waals surface area contributed by atoms with E-state index in [0.717, 1.165) is 5.56 Å². The number of carboxylic acid groups (broad SMARTS) is 1. The van der Waals surface area contributed by atoms with Crippen LogP contribution in [0.15, 0.2) is 30.3 Å². The highest BCUT2D eigenvalue weighted by Crippen LogP contribution is 2.17. The summed E-state index contributed by atoms with van der Waals surface area (Å²) in [5.74, 6) is -1.48. The molecule has 5 heteroatoms. The predicted molar refractivity (Wildman–Crippen MR) is 77.6 cm³/mol. The van der Waals surface area contributed by atoms with Crippen LogP contribution in [0.25, 0.3) is 0 Å². The van der Waals surface area contributed by atoms with E-state index in [9.17, 15) is 9.59 Å². The minimum Gasteiger partial charge on any atom is -0.480 e. The lowest BCUT2D eigenvalue weighted by Crippen LogP contribution is -2.41. The van der Waals surface area contributed by atoms with Crippen LogP contribution in [-0.4, -0.2) is 60.5 Å². The highest BCUT2D eigenvalue weighted by atomic mass is 16.4. The van der Waals surface area contributed by atoms with E-state index in [-0.39, 0.29) is 18.4 Å². The van der Waals surface area contributed by atoms with Crippen molar-refractivity contribution in [1.29, 1.82) is 0 Å². The van der Waals surface area contributed by atoms with E-state index in [0.29, 0.717) is 13.1 Å². The first kappa shape index (κ1) is 16.2. The molecule has 20 heavy (non-hydrogen) atoms. The fourth-order valence-corrected chi connectivity index (χ4v) is 1.91. The summed E-state index contributed by atoms with van der Waals surface area (Å²) < 4.78 is 0. The van der Waals surface area contributed by atoms with Gasteiger partial charge < -0.3 is 14.9 Å². The number of benzene rings is 1. The van der Waals surface area contributed by atoms with Crippen molar-refractivity contribution in [2.75, 3.05) is 33.7 Å². The molecule has 1 atom stereocenters. The fourth-order valence-electron chi connectivity index (χ4n) is 1.91. The monoisotopic (exact) mass is 278 g/mol. The molecule has 1 aromatic carbocycles. The van der Waals surface area contributed by atoms with Gasteiger partial charge >= 0.3 is 5.97 Å². The molecule has 0 aliphatic carbocycles. The van der Waals surface area contributed by atoms with Gasteiger partial charge in [0.2, 0.25) is 5.91 Å². The molecule has 0 saturated carbocycles. The number of hydrogen-bond acceptors (Lipinski definition) is 3. The van der Waals surface area contributed by atoms with Crippen LogP contribution >= 0.6 is 0 Å². The van der Waals surface area contributed by atoms with Gasteiger partial charge in [0.05, 0.1) is 5.92 Å². The third kappa shape index (κ3) is 5.01. The Bertz CT molecular complexity index is 446. The smallest absolute Gasteiger partial charge is 0.323 e. The van der Waals surface area contributed by atoms with Crippen molar-refractivity contribution in [1.82, 2.24) is 9.80 Å². The van der Waals surface area contributed by atoms with E-state index >= 15 is 0 Å². The average molecular weight is 278 g/mol. The van der Waals surface area contributed by atoms with Crippen LogP contribution in [0.2, 0.25) is 0 Å². The van der Waals surface area contributed by atoms with Crippen LogP contribution in [0.1, 0.15) is 18.4 Å². The largest absolute Gasteiger partial charge is 0.480 e. The van der Waals surface area contributed by atoms with Crippen LogP contribution in [0.5, 0.6) is 0 Å². The number of nitrogens with zero attached hydrogens (tertiary/aromatic N) is 2. The summed E-state index contributed by atoms with van der Waals surface area (Å²) >= 11 is 0. The first-order valence-corrected chi connectivity index (χ1v) is 6.62. The van der Waals surface area contributed by atoms with Gasteiger partial charge in [0, 0.05) is 13.1 Å². The van der Waals surface area contributed by atoms with Crippen LogP contribution in [0, 0.1) is 0 Å². The van der Waals surface area contributed by atoms with E-state index in [1.54, 1.807) is 0 Å². The van der Waals surface area contributed by atoms with Crippen molar-refractivity contribution in [2.24, 2.45) is 0 Å². The lowest BCUT2D eigenvalue weighted by atomic mass is 10.00. The molecule has 0 aliphatic rings. The SMILES string of the molecule is CC(C(=O)N(CCN(C)C)CC(=O)O)c1ccccc1. The van der Waals surface area contributed by atoms with Gasteiger partial charge in [-0.25, -0.2) is 0 Å². The summed E-state index contributed by atoms with van der Waals surface area (Å²) in [6, 6.07) is 9.41. The highest BCUT2D eigenvalue weighted by Gasteiger charge is 2.23. The molecule has 0 fully saturated rings. The van der Waals surface area contributed by atoms with Crippen LogP contribution in [0.4, 0.5) is 0 Å². The second-order valence-electron chi connectivity index (χ2n) is 5.09. The Hall–Kier alpha value is -1.88. The summed E-state index contributed by atoms with van der Waals surface area (Å²) in [4.78, 5) is 26.7.